The molecular weight excluding hydrogens is 337 g/mol. The number of nitrogens with one attached hydrogen (secondary N) is 1. The molecular formula is C14H17BrFN5. The third-order valence-corrected chi connectivity index (χ3v) is 4.46. The first-order valence-electron chi connectivity index (χ1n) is 6.96. The van der Waals surface area contributed by atoms with Crippen LogP contribution < -0.4 is 10.6 Å². The van der Waals surface area contributed by atoms with Crippen molar-refractivity contribution in [3.8, 4) is 11.4 Å². The Morgan fingerprint density at radius 1 is 1.48 bits per heavy atom. The molecule has 2 unspecified atom stereocenters. The van der Waals surface area contributed by atoms with Gasteiger partial charge in [-0.1, -0.05) is 15.9 Å². The van der Waals surface area contributed by atoms with Gasteiger partial charge in [-0.25, -0.2) is 4.39 Å². The largest absolute Gasteiger partial charge is 0.335 e. The monoisotopic (exact) mass is 353 g/mol. The maximum atomic E-state index is 14.0. The summed E-state index contributed by atoms with van der Waals surface area (Å²) in [5, 5.41) is 7.04. The maximum Gasteiger partial charge on any atom is 0.245 e. The van der Waals surface area contributed by atoms with Gasteiger partial charge in [-0.3, -0.25) is 5.10 Å². The predicted octanol–water partition coefficient (Wildman–Crippen LogP) is 2.69. The molecule has 3 N–H and O–H groups in total. The molecule has 2 heterocycles. The van der Waals surface area contributed by atoms with E-state index in [2.05, 4.69) is 42.9 Å². The van der Waals surface area contributed by atoms with E-state index in [0.29, 0.717) is 21.8 Å². The number of benzene rings is 1. The van der Waals surface area contributed by atoms with Crippen LogP contribution in [0.15, 0.2) is 22.7 Å². The van der Waals surface area contributed by atoms with Crippen LogP contribution in [-0.2, 0) is 0 Å². The fourth-order valence-corrected chi connectivity index (χ4v) is 2.97. The molecule has 21 heavy (non-hydrogen) atoms. The SMILES string of the molecule is CC1C(N)CCCN1c1n[nH]c(-c2ccc(Br)cc2F)n1. The van der Waals surface area contributed by atoms with E-state index in [1.54, 1.807) is 12.1 Å². The number of H-pyrrole nitrogens is 1. The fourth-order valence-electron chi connectivity index (χ4n) is 2.64. The van der Waals surface area contributed by atoms with Crippen molar-refractivity contribution >= 4 is 21.9 Å². The Labute approximate surface area is 130 Å². The number of anilines is 1. The number of halogens is 2. The number of nitrogens with two attached hydrogens (primary N) is 1. The lowest BCUT2D eigenvalue weighted by Crippen LogP contribution is -2.50. The average molecular weight is 354 g/mol. The summed E-state index contributed by atoms with van der Waals surface area (Å²) in [6, 6.07) is 5.16. The molecule has 0 spiro atoms. The molecule has 112 valence electrons. The first-order chi connectivity index (χ1) is 10.1. The number of hydrogen-bond donors (Lipinski definition) is 2. The molecule has 1 fully saturated rings. The van der Waals surface area contributed by atoms with Crippen molar-refractivity contribution < 1.29 is 4.39 Å². The molecule has 0 aliphatic carbocycles. The quantitative estimate of drug-likeness (QED) is 0.870. The molecule has 1 aliphatic heterocycles. The van der Waals surface area contributed by atoms with E-state index < -0.39 is 0 Å². The van der Waals surface area contributed by atoms with Crippen LogP contribution in [-0.4, -0.2) is 33.8 Å². The lowest BCUT2D eigenvalue weighted by Gasteiger charge is -2.36. The lowest BCUT2D eigenvalue weighted by molar-refractivity contribution is 0.416. The van der Waals surface area contributed by atoms with Crippen LogP contribution in [0.5, 0.6) is 0 Å². The highest BCUT2D eigenvalue weighted by atomic mass is 79.9. The second-order valence-corrected chi connectivity index (χ2v) is 6.26. The van der Waals surface area contributed by atoms with Crippen molar-refractivity contribution in [3.05, 3.63) is 28.5 Å². The Hall–Kier alpha value is -1.47. The van der Waals surface area contributed by atoms with Gasteiger partial charge in [-0.05, 0) is 38.0 Å². The molecule has 5 nitrogen and oxygen atoms in total. The van der Waals surface area contributed by atoms with Gasteiger partial charge in [0.15, 0.2) is 5.82 Å². The van der Waals surface area contributed by atoms with E-state index in [0.717, 1.165) is 19.4 Å². The maximum absolute atomic E-state index is 14.0. The standard InChI is InChI=1S/C14H17BrFN5/c1-8-12(17)3-2-6-21(8)14-18-13(19-20-14)10-5-4-9(15)7-11(10)16/h4-5,7-8,12H,2-3,6,17H2,1H3,(H,18,19,20). The summed E-state index contributed by atoms with van der Waals surface area (Å²) in [5.41, 5.74) is 6.50. The number of hydrogen-bond acceptors (Lipinski definition) is 4. The summed E-state index contributed by atoms with van der Waals surface area (Å²) in [6.07, 6.45) is 2.03. The van der Waals surface area contributed by atoms with Crippen LogP contribution in [0.4, 0.5) is 10.3 Å². The molecule has 2 aromatic rings. The molecule has 7 heteroatoms. The van der Waals surface area contributed by atoms with Crippen molar-refractivity contribution in [2.45, 2.75) is 31.8 Å². The number of aromatic amines is 1. The van der Waals surface area contributed by atoms with Crippen LogP contribution in [0, 0.1) is 5.82 Å². The van der Waals surface area contributed by atoms with Crippen LogP contribution in [0.2, 0.25) is 0 Å². The Balaban J connectivity index is 1.89. The van der Waals surface area contributed by atoms with Crippen LogP contribution >= 0.6 is 15.9 Å². The second kappa shape index (κ2) is 5.73. The zero-order valence-corrected chi connectivity index (χ0v) is 13.3. The van der Waals surface area contributed by atoms with E-state index in [9.17, 15) is 4.39 Å². The summed E-state index contributed by atoms with van der Waals surface area (Å²) in [4.78, 5) is 6.50. The van der Waals surface area contributed by atoms with E-state index in [4.69, 9.17) is 5.73 Å². The van der Waals surface area contributed by atoms with Gasteiger partial charge in [0, 0.05) is 23.1 Å². The fraction of sp³-hybridized carbons (Fsp3) is 0.429. The lowest BCUT2D eigenvalue weighted by atomic mass is 9.99. The molecule has 1 saturated heterocycles. The number of piperidine rings is 1. The van der Waals surface area contributed by atoms with Crippen molar-refractivity contribution in [1.82, 2.24) is 15.2 Å². The van der Waals surface area contributed by atoms with Gasteiger partial charge in [0.2, 0.25) is 5.95 Å². The highest BCUT2D eigenvalue weighted by Gasteiger charge is 2.28. The van der Waals surface area contributed by atoms with Crippen LogP contribution in [0.1, 0.15) is 19.8 Å². The van der Waals surface area contributed by atoms with Crippen molar-refractivity contribution in [3.63, 3.8) is 0 Å². The topological polar surface area (TPSA) is 70.8 Å². The van der Waals surface area contributed by atoms with Gasteiger partial charge in [-0.2, -0.15) is 4.98 Å². The summed E-state index contributed by atoms with van der Waals surface area (Å²) in [5.74, 6) is 0.673. The molecule has 1 aromatic carbocycles. The minimum atomic E-state index is -0.338. The molecule has 0 bridgehead atoms. The number of aromatic nitrogens is 3. The molecule has 1 aliphatic rings. The predicted molar refractivity (Wildman–Crippen MR) is 83.5 cm³/mol. The minimum absolute atomic E-state index is 0.116. The van der Waals surface area contributed by atoms with Crippen molar-refractivity contribution in [1.29, 1.82) is 0 Å². The highest BCUT2D eigenvalue weighted by molar-refractivity contribution is 9.10. The highest BCUT2D eigenvalue weighted by Crippen LogP contribution is 2.26. The summed E-state index contributed by atoms with van der Waals surface area (Å²) < 4.78 is 14.7. The summed E-state index contributed by atoms with van der Waals surface area (Å²) in [7, 11) is 0. The van der Waals surface area contributed by atoms with Gasteiger partial charge in [-0.15, -0.1) is 5.10 Å². The van der Waals surface area contributed by atoms with Gasteiger partial charge >= 0.3 is 0 Å². The number of rotatable bonds is 2. The van der Waals surface area contributed by atoms with E-state index >= 15 is 0 Å². The second-order valence-electron chi connectivity index (χ2n) is 5.35. The van der Waals surface area contributed by atoms with Gasteiger partial charge < -0.3 is 10.6 Å². The summed E-state index contributed by atoms with van der Waals surface area (Å²) in [6.45, 7) is 2.94. The third-order valence-electron chi connectivity index (χ3n) is 3.96. The van der Waals surface area contributed by atoms with E-state index in [-0.39, 0.29) is 17.9 Å². The van der Waals surface area contributed by atoms with Gasteiger partial charge in [0.25, 0.3) is 0 Å². The van der Waals surface area contributed by atoms with Gasteiger partial charge in [0.1, 0.15) is 5.82 Å². The smallest absolute Gasteiger partial charge is 0.245 e. The Morgan fingerprint density at radius 3 is 3.05 bits per heavy atom. The van der Waals surface area contributed by atoms with Crippen molar-refractivity contribution in [2.75, 3.05) is 11.4 Å². The van der Waals surface area contributed by atoms with Crippen LogP contribution in [0.25, 0.3) is 11.4 Å². The summed E-state index contributed by atoms with van der Waals surface area (Å²) >= 11 is 3.24. The Morgan fingerprint density at radius 2 is 2.29 bits per heavy atom. The normalized spacial score (nSPS) is 22.6. The molecule has 3 rings (SSSR count). The Bertz CT molecular complexity index is 644. The van der Waals surface area contributed by atoms with Crippen LogP contribution in [0.3, 0.4) is 0 Å². The third kappa shape index (κ3) is 2.80. The molecule has 2 atom stereocenters. The first kappa shape index (κ1) is 14.5. The zero-order valence-electron chi connectivity index (χ0n) is 11.7. The zero-order chi connectivity index (χ0) is 15.0. The van der Waals surface area contributed by atoms with E-state index in [1.807, 2.05) is 0 Å². The molecule has 0 saturated carbocycles. The van der Waals surface area contributed by atoms with E-state index in [1.165, 1.54) is 6.07 Å². The average Bonchev–Trinajstić information content (AvgIpc) is 2.91. The van der Waals surface area contributed by atoms with Gasteiger partial charge in [0.05, 0.1) is 5.56 Å². The van der Waals surface area contributed by atoms with Crippen molar-refractivity contribution in [2.24, 2.45) is 5.73 Å². The molecule has 0 radical (unpaired) electrons. The molecule has 0 amide bonds. The molecule has 1 aromatic heterocycles. The Kier molecular flexibility index (Phi) is 3.95. The minimum Gasteiger partial charge on any atom is -0.335 e. The number of nitrogens with zero attached hydrogens (tertiary/aromatic N) is 3. The first-order valence-corrected chi connectivity index (χ1v) is 7.75.